The molecule has 1 rings (SSSR count). The summed E-state index contributed by atoms with van der Waals surface area (Å²) < 4.78 is 0. The fourth-order valence-corrected chi connectivity index (χ4v) is 1.97. The number of halogens is 1. The van der Waals surface area contributed by atoms with E-state index in [2.05, 4.69) is 0 Å². The molecule has 1 aromatic rings. The second kappa shape index (κ2) is 6.36. The molecular formula is C13H20ClNO2. The number of hydrogen-bond acceptors (Lipinski definition) is 3. The van der Waals surface area contributed by atoms with Crippen LogP contribution in [0.15, 0.2) is 24.3 Å². The summed E-state index contributed by atoms with van der Waals surface area (Å²) in [5, 5.41) is 19.2. The standard InChI is InChI=1S/C13H20ClNO2/c1-13(9-16,10-17)8-15(2)7-11-5-3-4-6-12(11)14/h3-6,16-17H,7-10H2,1-2H3. The van der Waals surface area contributed by atoms with Crippen molar-refractivity contribution in [3.8, 4) is 0 Å². The van der Waals surface area contributed by atoms with E-state index in [1.807, 2.05) is 43.1 Å². The van der Waals surface area contributed by atoms with Crippen molar-refractivity contribution < 1.29 is 10.2 Å². The SMILES string of the molecule is CN(Cc1ccccc1Cl)CC(C)(CO)CO. The Morgan fingerprint density at radius 2 is 1.82 bits per heavy atom. The first kappa shape index (κ1) is 14.5. The summed E-state index contributed by atoms with van der Waals surface area (Å²) in [6.07, 6.45) is 0. The molecule has 3 nitrogen and oxygen atoms in total. The first-order valence-electron chi connectivity index (χ1n) is 5.64. The Hall–Kier alpha value is -0.610. The first-order valence-corrected chi connectivity index (χ1v) is 6.02. The Labute approximate surface area is 108 Å². The van der Waals surface area contributed by atoms with Gasteiger partial charge >= 0.3 is 0 Å². The van der Waals surface area contributed by atoms with Gasteiger partial charge in [0, 0.05) is 23.5 Å². The maximum Gasteiger partial charge on any atom is 0.0519 e. The van der Waals surface area contributed by atoms with Gasteiger partial charge in [0.15, 0.2) is 0 Å². The van der Waals surface area contributed by atoms with Gasteiger partial charge in [-0.1, -0.05) is 36.7 Å². The molecule has 0 aliphatic heterocycles. The normalized spacial score (nSPS) is 12.1. The van der Waals surface area contributed by atoms with E-state index in [9.17, 15) is 10.2 Å². The molecule has 0 aromatic heterocycles. The third kappa shape index (κ3) is 4.28. The van der Waals surface area contributed by atoms with Gasteiger partial charge in [-0.25, -0.2) is 0 Å². The van der Waals surface area contributed by atoms with Crippen molar-refractivity contribution >= 4 is 11.6 Å². The fraction of sp³-hybridized carbons (Fsp3) is 0.538. The predicted molar refractivity (Wildman–Crippen MR) is 70.1 cm³/mol. The van der Waals surface area contributed by atoms with Gasteiger partial charge in [-0.05, 0) is 18.7 Å². The lowest BCUT2D eigenvalue weighted by atomic mass is 9.92. The summed E-state index contributed by atoms with van der Waals surface area (Å²) in [6, 6.07) is 7.69. The second-order valence-corrected chi connectivity index (χ2v) is 5.30. The maximum atomic E-state index is 9.24. The molecule has 0 spiro atoms. The highest BCUT2D eigenvalue weighted by atomic mass is 35.5. The van der Waals surface area contributed by atoms with E-state index in [1.54, 1.807) is 0 Å². The molecule has 0 amide bonds. The first-order chi connectivity index (χ1) is 8.00. The van der Waals surface area contributed by atoms with Crippen LogP contribution in [0.5, 0.6) is 0 Å². The Bertz CT molecular complexity index is 353. The van der Waals surface area contributed by atoms with Gasteiger partial charge in [0.25, 0.3) is 0 Å². The molecule has 0 saturated heterocycles. The van der Waals surface area contributed by atoms with Gasteiger partial charge in [-0.3, -0.25) is 0 Å². The second-order valence-electron chi connectivity index (χ2n) is 4.89. The van der Waals surface area contributed by atoms with E-state index in [4.69, 9.17) is 11.6 Å². The monoisotopic (exact) mass is 257 g/mol. The molecule has 0 atom stereocenters. The fourth-order valence-electron chi connectivity index (χ4n) is 1.77. The van der Waals surface area contributed by atoms with Gasteiger partial charge < -0.3 is 15.1 Å². The number of rotatable bonds is 6. The average Bonchev–Trinajstić information content (AvgIpc) is 2.32. The van der Waals surface area contributed by atoms with Crippen LogP contribution in [0.4, 0.5) is 0 Å². The molecular weight excluding hydrogens is 238 g/mol. The van der Waals surface area contributed by atoms with Crippen LogP contribution in [0, 0.1) is 5.41 Å². The number of aliphatic hydroxyl groups is 2. The van der Waals surface area contributed by atoms with Crippen LogP contribution in [0.1, 0.15) is 12.5 Å². The van der Waals surface area contributed by atoms with Crippen molar-refractivity contribution in [2.75, 3.05) is 26.8 Å². The maximum absolute atomic E-state index is 9.24. The summed E-state index contributed by atoms with van der Waals surface area (Å²) in [5.74, 6) is 0. The summed E-state index contributed by atoms with van der Waals surface area (Å²) >= 11 is 6.08. The quantitative estimate of drug-likeness (QED) is 0.816. The van der Waals surface area contributed by atoms with Crippen LogP contribution in [-0.4, -0.2) is 41.9 Å². The van der Waals surface area contributed by atoms with Gasteiger partial charge in [-0.15, -0.1) is 0 Å². The van der Waals surface area contributed by atoms with E-state index < -0.39 is 5.41 Å². The van der Waals surface area contributed by atoms with Crippen LogP contribution in [0.2, 0.25) is 5.02 Å². The Morgan fingerprint density at radius 3 is 2.35 bits per heavy atom. The van der Waals surface area contributed by atoms with Crippen LogP contribution >= 0.6 is 11.6 Å². The molecule has 0 bridgehead atoms. The van der Waals surface area contributed by atoms with Crippen LogP contribution in [0.3, 0.4) is 0 Å². The molecule has 17 heavy (non-hydrogen) atoms. The van der Waals surface area contributed by atoms with Crippen molar-refractivity contribution in [1.29, 1.82) is 0 Å². The predicted octanol–water partition coefficient (Wildman–Crippen LogP) is 1.76. The highest BCUT2D eigenvalue weighted by Gasteiger charge is 2.24. The molecule has 0 aliphatic carbocycles. The van der Waals surface area contributed by atoms with Gasteiger partial charge in [0.2, 0.25) is 0 Å². The van der Waals surface area contributed by atoms with Gasteiger partial charge in [0.05, 0.1) is 13.2 Å². The lowest BCUT2D eigenvalue weighted by Crippen LogP contribution is -2.38. The molecule has 0 aliphatic rings. The van der Waals surface area contributed by atoms with E-state index in [1.165, 1.54) is 0 Å². The van der Waals surface area contributed by atoms with Crippen LogP contribution in [0.25, 0.3) is 0 Å². The third-order valence-electron chi connectivity index (χ3n) is 2.81. The van der Waals surface area contributed by atoms with Crippen molar-refractivity contribution in [3.05, 3.63) is 34.9 Å². The van der Waals surface area contributed by atoms with Crippen LogP contribution < -0.4 is 0 Å². The topological polar surface area (TPSA) is 43.7 Å². The molecule has 0 radical (unpaired) electrons. The number of hydrogen-bond donors (Lipinski definition) is 2. The molecule has 0 heterocycles. The number of benzene rings is 1. The van der Waals surface area contributed by atoms with Crippen molar-refractivity contribution in [2.45, 2.75) is 13.5 Å². The van der Waals surface area contributed by atoms with Crippen molar-refractivity contribution in [2.24, 2.45) is 5.41 Å². The van der Waals surface area contributed by atoms with Crippen molar-refractivity contribution in [1.82, 2.24) is 4.90 Å². The minimum Gasteiger partial charge on any atom is -0.396 e. The molecule has 0 saturated carbocycles. The summed E-state index contributed by atoms with van der Waals surface area (Å²) in [7, 11) is 1.95. The van der Waals surface area contributed by atoms with E-state index >= 15 is 0 Å². The number of aliphatic hydroxyl groups excluding tert-OH is 2. The van der Waals surface area contributed by atoms with E-state index in [0.29, 0.717) is 13.1 Å². The number of nitrogens with zero attached hydrogens (tertiary/aromatic N) is 1. The third-order valence-corrected chi connectivity index (χ3v) is 3.18. The summed E-state index contributed by atoms with van der Waals surface area (Å²) in [4.78, 5) is 2.05. The lowest BCUT2D eigenvalue weighted by molar-refractivity contribution is 0.0402. The Morgan fingerprint density at radius 1 is 1.24 bits per heavy atom. The lowest BCUT2D eigenvalue weighted by Gasteiger charge is -2.30. The molecule has 0 fully saturated rings. The Balaban J connectivity index is 2.61. The average molecular weight is 258 g/mol. The van der Waals surface area contributed by atoms with Crippen LogP contribution in [-0.2, 0) is 6.54 Å². The molecule has 2 N–H and O–H groups in total. The smallest absolute Gasteiger partial charge is 0.0519 e. The zero-order chi connectivity index (χ0) is 12.9. The highest BCUT2D eigenvalue weighted by molar-refractivity contribution is 6.31. The molecule has 4 heteroatoms. The summed E-state index contributed by atoms with van der Waals surface area (Å²) in [5.41, 5.74) is 0.575. The highest BCUT2D eigenvalue weighted by Crippen LogP contribution is 2.20. The molecule has 96 valence electrons. The zero-order valence-corrected chi connectivity index (χ0v) is 11.1. The van der Waals surface area contributed by atoms with Gasteiger partial charge in [0.1, 0.15) is 0 Å². The largest absolute Gasteiger partial charge is 0.396 e. The van der Waals surface area contributed by atoms with E-state index in [0.717, 1.165) is 10.6 Å². The summed E-state index contributed by atoms with van der Waals surface area (Å²) in [6.45, 7) is 3.11. The van der Waals surface area contributed by atoms with Crippen molar-refractivity contribution in [3.63, 3.8) is 0 Å². The van der Waals surface area contributed by atoms with E-state index in [-0.39, 0.29) is 13.2 Å². The minimum absolute atomic E-state index is 0.0314. The zero-order valence-electron chi connectivity index (χ0n) is 10.4. The minimum atomic E-state index is -0.476. The molecule has 0 unspecified atom stereocenters. The van der Waals surface area contributed by atoms with Gasteiger partial charge in [-0.2, -0.15) is 0 Å². The molecule has 1 aromatic carbocycles. The Kier molecular flexibility index (Phi) is 5.40.